The molecule has 0 spiro atoms. The van der Waals surface area contributed by atoms with E-state index in [0.717, 1.165) is 57.5 Å². The van der Waals surface area contributed by atoms with E-state index in [1.165, 1.54) is 16.3 Å². The summed E-state index contributed by atoms with van der Waals surface area (Å²) in [5, 5.41) is 4.21. The van der Waals surface area contributed by atoms with Crippen LogP contribution in [-0.2, 0) is 19.9 Å². The molecule has 164 valence electrons. The van der Waals surface area contributed by atoms with Crippen LogP contribution in [0, 0.1) is 18.3 Å². The topological polar surface area (TPSA) is 13.1 Å². The SMILES string of the molecule is [2H]c1c([2H])[n+](C)c2c3c(cc(CC(C)C)cc13)Oc1c-2c(C)c2ccccc2c1CC(C)(C)C. The minimum Gasteiger partial charge on any atom is -0.455 e. The second-order valence-electron chi connectivity index (χ2n) is 11.0. The van der Waals surface area contributed by atoms with Crippen LogP contribution >= 0.6 is 0 Å². The fraction of sp³-hybridized carbons (Fsp3) is 0.367. The first-order valence-corrected chi connectivity index (χ1v) is 11.7. The van der Waals surface area contributed by atoms with Crippen molar-refractivity contribution in [3.8, 4) is 22.8 Å². The van der Waals surface area contributed by atoms with Crippen molar-refractivity contribution in [2.45, 2.75) is 54.4 Å². The summed E-state index contributed by atoms with van der Waals surface area (Å²) in [5.74, 6) is 2.21. The quantitative estimate of drug-likeness (QED) is 0.270. The highest BCUT2D eigenvalue weighted by molar-refractivity contribution is 6.06. The number of benzene rings is 3. The summed E-state index contributed by atoms with van der Waals surface area (Å²) >= 11 is 0. The van der Waals surface area contributed by atoms with Crippen molar-refractivity contribution in [2.75, 3.05) is 0 Å². The lowest BCUT2D eigenvalue weighted by molar-refractivity contribution is -0.659. The lowest BCUT2D eigenvalue weighted by Crippen LogP contribution is -2.32. The summed E-state index contributed by atoms with van der Waals surface area (Å²) in [6.45, 7) is 13.4. The van der Waals surface area contributed by atoms with Gasteiger partial charge in [0.2, 0.25) is 5.69 Å². The molecule has 0 bridgehead atoms. The average molecular weight is 427 g/mol. The molecule has 0 saturated heterocycles. The van der Waals surface area contributed by atoms with Gasteiger partial charge in [-0.05, 0) is 64.5 Å². The Labute approximate surface area is 194 Å². The van der Waals surface area contributed by atoms with Crippen LogP contribution < -0.4 is 9.30 Å². The van der Waals surface area contributed by atoms with E-state index >= 15 is 0 Å². The van der Waals surface area contributed by atoms with Gasteiger partial charge in [0.25, 0.3) is 0 Å². The summed E-state index contributed by atoms with van der Waals surface area (Å²) in [6.07, 6.45) is 2.02. The van der Waals surface area contributed by atoms with Crippen molar-refractivity contribution in [3.05, 3.63) is 65.3 Å². The molecule has 2 heterocycles. The number of pyridine rings is 1. The van der Waals surface area contributed by atoms with Crippen molar-refractivity contribution in [1.82, 2.24) is 0 Å². The second-order valence-corrected chi connectivity index (χ2v) is 11.0. The molecule has 0 unspecified atom stereocenters. The molecule has 32 heavy (non-hydrogen) atoms. The van der Waals surface area contributed by atoms with Crippen molar-refractivity contribution in [1.29, 1.82) is 0 Å². The van der Waals surface area contributed by atoms with Gasteiger partial charge in [-0.1, -0.05) is 65.0 Å². The van der Waals surface area contributed by atoms with Crippen molar-refractivity contribution in [3.63, 3.8) is 0 Å². The molecule has 0 aliphatic carbocycles. The fourth-order valence-corrected chi connectivity index (χ4v) is 5.21. The van der Waals surface area contributed by atoms with Crippen LogP contribution in [0.4, 0.5) is 0 Å². The predicted molar refractivity (Wildman–Crippen MR) is 135 cm³/mol. The van der Waals surface area contributed by atoms with Crippen LogP contribution in [0.5, 0.6) is 11.5 Å². The van der Waals surface area contributed by atoms with Gasteiger partial charge in [-0.2, -0.15) is 0 Å². The first-order chi connectivity index (χ1) is 16.0. The maximum atomic E-state index is 8.78. The minimum atomic E-state index is 0.0814. The van der Waals surface area contributed by atoms with Crippen molar-refractivity contribution in [2.24, 2.45) is 18.4 Å². The van der Waals surface area contributed by atoms with Crippen LogP contribution in [0.25, 0.3) is 32.8 Å². The molecular formula is C30H34NO+. The number of rotatable bonds is 3. The van der Waals surface area contributed by atoms with Crippen LogP contribution in [0.3, 0.4) is 0 Å². The fourth-order valence-electron chi connectivity index (χ4n) is 5.21. The molecule has 0 radical (unpaired) electrons. The van der Waals surface area contributed by atoms with Gasteiger partial charge in [-0.3, -0.25) is 0 Å². The molecule has 1 aliphatic rings. The largest absolute Gasteiger partial charge is 0.455 e. The van der Waals surface area contributed by atoms with Gasteiger partial charge in [0.15, 0.2) is 6.17 Å². The van der Waals surface area contributed by atoms with Gasteiger partial charge in [-0.25, -0.2) is 4.57 Å². The van der Waals surface area contributed by atoms with E-state index in [0.29, 0.717) is 5.92 Å². The molecule has 3 aromatic carbocycles. The first kappa shape index (κ1) is 18.7. The summed E-state index contributed by atoms with van der Waals surface area (Å²) < 4.78 is 26.3. The van der Waals surface area contributed by atoms with Crippen molar-refractivity contribution >= 4 is 21.5 Å². The van der Waals surface area contributed by atoms with Crippen LogP contribution in [0.1, 0.15) is 54.1 Å². The Hall–Kier alpha value is -2.87. The molecule has 0 atom stereocenters. The van der Waals surface area contributed by atoms with Crippen molar-refractivity contribution < 1.29 is 12.0 Å². The third-order valence-electron chi connectivity index (χ3n) is 6.42. The summed E-state index contributed by atoms with van der Waals surface area (Å²) in [6, 6.07) is 13.1. The maximum Gasteiger partial charge on any atom is 0.228 e. The number of hydrogen-bond acceptors (Lipinski definition) is 1. The van der Waals surface area contributed by atoms with Crippen LogP contribution in [0.2, 0.25) is 0 Å². The molecule has 4 aromatic rings. The predicted octanol–water partition coefficient (Wildman–Crippen LogP) is 7.69. The van der Waals surface area contributed by atoms with Gasteiger partial charge in [0.1, 0.15) is 19.9 Å². The third kappa shape index (κ3) is 3.37. The Morgan fingerprint density at radius 2 is 1.81 bits per heavy atom. The van der Waals surface area contributed by atoms with Gasteiger partial charge in [0, 0.05) is 11.6 Å². The number of fused-ring (bicyclic) bond motifs is 3. The van der Waals surface area contributed by atoms with Gasteiger partial charge < -0.3 is 4.74 Å². The highest BCUT2D eigenvalue weighted by Gasteiger charge is 2.33. The number of aryl methyl sites for hydroxylation is 1. The standard InChI is InChI=1S/C30H34NO/c1-18(2)14-20-15-21-12-13-31(7)28-26-19(3)22-10-8-9-11-23(22)24(17-30(4,5)6)29(26)32-25(16-20)27(21)28/h8-13,15-16,18H,14,17H2,1-7H3/q+1/i12D,13D. The van der Waals surface area contributed by atoms with Gasteiger partial charge >= 0.3 is 0 Å². The Morgan fingerprint density at radius 1 is 1.09 bits per heavy atom. The Kier molecular flexibility index (Phi) is 4.28. The lowest BCUT2D eigenvalue weighted by Gasteiger charge is -2.28. The Morgan fingerprint density at radius 3 is 2.50 bits per heavy atom. The van der Waals surface area contributed by atoms with E-state index < -0.39 is 0 Å². The first-order valence-electron chi connectivity index (χ1n) is 12.7. The highest BCUT2D eigenvalue weighted by Crippen LogP contribution is 2.51. The van der Waals surface area contributed by atoms with Gasteiger partial charge in [0.05, 0.1) is 12.3 Å². The number of hydrogen-bond donors (Lipinski definition) is 0. The van der Waals surface area contributed by atoms with E-state index in [4.69, 9.17) is 7.48 Å². The van der Waals surface area contributed by atoms with E-state index in [9.17, 15) is 0 Å². The molecule has 1 aliphatic heterocycles. The van der Waals surface area contributed by atoms with E-state index in [1.807, 2.05) is 11.6 Å². The monoisotopic (exact) mass is 426 g/mol. The zero-order valence-electron chi connectivity index (χ0n) is 22.3. The van der Waals surface area contributed by atoms with E-state index in [1.54, 1.807) is 0 Å². The maximum absolute atomic E-state index is 8.78. The minimum absolute atomic E-state index is 0.0814. The average Bonchev–Trinajstić information content (AvgIpc) is 2.76. The molecule has 1 aromatic heterocycles. The number of nitrogens with zero attached hydrogens (tertiary/aromatic N) is 1. The van der Waals surface area contributed by atoms with Crippen LogP contribution in [0.15, 0.2) is 48.6 Å². The smallest absolute Gasteiger partial charge is 0.228 e. The molecule has 5 rings (SSSR count). The van der Waals surface area contributed by atoms with E-state index in [2.05, 4.69) is 77.9 Å². The zero-order valence-corrected chi connectivity index (χ0v) is 20.3. The molecule has 2 nitrogen and oxygen atoms in total. The van der Waals surface area contributed by atoms with E-state index in [-0.39, 0.29) is 17.6 Å². The summed E-state index contributed by atoms with van der Waals surface area (Å²) in [7, 11) is 1.91. The zero-order chi connectivity index (χ0) is 24.5. The highest BCUT2D eigenvalue weighted by atomic mass is 16.5. The molecule has 2 heteroatoms. The van der Waals surface area contributed by atoms with Crippen LogP contribution in [-0.4, -0.2) is 0 Å². The second kappa shape index (κ2) is 7.33. The molecule has 0 saturated carbocycles. The number of ether oxygens (including phenoxy) is 1. The summed E-state index contributed by atoms with van der Waals surface area (Å²) in [5.41, 5.74) is 5.67. The molecule has 0 amide bonds. The third-order valence-corrected chi connectivity index (χ3v) is 6.42. The molecular weight excluding hydrogens is 390 g/mol. The summed E-state index contributed by atoms with van der Waals surface area (Å²) in [4.78, 5) is 0. The normalized spacial score (nSPS) is 13.9. The lowest BCUT2D eigenvalue weighted by atomic mass is 9.81. The number of aromatic nitrogens is 1. The Balaban J connectivity index is 1.96. The molecule has 0 fully saturated rings. The molecule has 0 N–H and O–H groups in total. The van der Waals surface area contributed by atoms with Gasteiger partial charge in [-0.15, -0.1) is 0 Å². The Bertz CT molecular complexity index is 1480.